The standard InChI is InChI=1S/C11H13BrN2O3S3/c1-2-8(11-13-3-4-18-11)14-20(16,17)9-5-7(6-15)19-10(9)12/h3-5,8,14-15H,2,6H2,1H3. The molecule has 5 nitrogen and oxygen atoms in total. The summed E-state index contributed by atoms with van der Waals surface area (Å²) in [6.07, 6.45) is 2.27. The lowest BCUT2D eigenvalue weighted by Crippen LogP contribution is -2.28. The minimum Gasteiger partial charge on any atom is -0.391 e. The molecule has 0 aliphatic carbocycles. The Bertz CT molecular complexity index is 667. The smallest absolute Gasteiger partial charge is 0.243 e. The molecule has 0 spiro atoms. The molecule has 2 N–H and O–H groups in total. The van der Waals surface area contributed by atoms with Gasteiger partial charge in [0.2, 0.25) is 10.0 Å². The van der Waals surface area contributed by atoms with Crippen LogP contribution in [0.1, 0.15) is 29.3 Å². The number of nitrogens with zero attached hydrogens (tertiary/aromatic N) is 1. The van der Waals surface area contributed by atoms with Crippen molar-refractivity contribution in [3.05, 3.63) is 31.3 Å². The lowest BCUT2D eigenvalue weighted by Gasteiger charge is -2.14. The maximum Gasteiger partial charge on any atom is 0.243 e. The molecule has 0 fully saturated rings. The van der Waals surface area contributed by atoms with Gasteiger partial charge in [0.15, 0.2) is 0 Å². The third kappa shape index (κ3) is 3.46. The van der Waals surface area contributed by atoms with Gasteiger partial charge in [-0.3, -0.25) is 0 Å². The highest BCUT2D eigenvalue weighted by molar-refractivity contribution is 9.11. The van der Waals surface area contributed by atoms with E-state index in [1.165, 1.54) is 28.7 Å². The summed E-state index contributed by atoms with van der Waals surface area (Å²) < 4.78 is 28.0. The maximum atomic E-state index is 12.4. The number of aliphatic hydroxyl groups is 1. The summed E-state index contributed by atoms with van der Waals surface area (Å²) in [6.45, 7) is 1.72. The number of aromatic nitrogens is 1. The van der Waals surface area contributed by atoms with Gasteiger partial charge < -0.3 is 5.11 Å². The molecule has 2 rings (SSSR count). The fourth-order valence-electron chi connectivity index (χ4n) is 1.62. The Kier molecular flexibility index (Phi) is 5.32. The second kappa shape index (κ2) is 6.63. The van der Waals surface area contributed by atoms with Crippen molar-refractivity contribution in [1.29, 1.82) is 0 Å². The predicted octanol–water partition coefficient (Wildman–Crippen LogP) is 2.89. The van der Waals surface area contributed by atoms with Crippen molar-refractivity contribution in [2.24, 2.45) is 0 Å². The molecule has 110 valence electrons. The van der Waals surface area contributed by atoms with Gasteiger partial charge in [-0.1, -0.05) is 6.92 Å². The molecular formula is C11H13BrN2O3S3. The second-order valence-corrected chi connectivity index (χ2v) is 9.02. The summed E-state index contributed by atoms with van der Waals surface area (Å²) in [6, 6.07) is 1.13. The van der Waals surface area contributed by atoms with Crippen molar-refractivity contribution >= 4 is 48.6 Å². The first-order valence-corrected chi connectivity index (χ1v) is 9.76. The third-order valence-electron chi connectivity index (χ3n) is 2.61. The van der Waals surface area contributed by atoms with Crippen molar-refractivity contribution in [3.63, 3.8) is 0 Å². The average Bonchev–Trinajstić information content (AvgIpc) is 3.05. The molecule has 2 aromatic rings. The molecular weight excluding hydrogens is 384 g/mol. The summed E-state index contributed by atoms with van der Waals surface area (Å²) in [5.41, 5.74) is 0. The Labute approximate surface area is 133 Å². The average molecular weight is 397 g/mol. The van der Waals surface area contributed by atoms with E-state index in [4.69, 9.17) is 5.11 Å². The van der Waals surface area contributed by atoms with Crippen LogP contribution in [0.3, 0.4) is 0 Å². The highest BCUT2D eigenvalue weighted by Crippen LogP contribution is 2.33. The molecule has 0 aliphatic rings. The third-order valence-corrected chi connectivity index (χ3v) is 7.20. The van der Waals surface area contributed by atoms with E-state index in [1.807, 2.05) is 12.3 Å². The van der Waals surface area contributed by atoms with Gasteiger partial charge in [-0.05, 0) is 28.4 Å². The largest absolute Gasteiger partial charge is 0.391 e. The molecule has 0 bridgehead atoms. The van der Waals surface area contributed by atoms with Crippen molar-refractivity contribution < 1.29 is 13.5 Å². The van der Waals surface area contributed by atoms with Crippen LogP contribution in [0.5, 0.6) is 0 Å². The molecule has 0 aliphatic heterocycles. The molecule has 1 atom stereocenters. The van der Waals surface area contributed by atoms with Crippen LogP contribution in [0.25, 0.3) is 0 Å². The highest BCUT2D eigenvalue weighted by Gasteiger charge is 2.25. The van der Waals surface area contributed by atoms with Crippen LogP contribution < -0.4 is 4.72 Å². The first-order chi connectivity index (χ1) is 9.47. The lowest BCUT2D eigenvalue weighted by molar-refractivity contribution is 0.285. The monoisotopic (exact) mass is 396 g/mol. The number of aliphatic hydroxyl groups excluding tert-OH is 1. The number of halogens is 1. The number of hydrogen-bond acceptors (Lipinski definition) is 6. The van der Waals surface area contributed by atoms with E-state index in [-0.39, 0.29) is 17.5 Å². The van der Waals surface area contributed by atoms with Gasteiger partial charge in [-0.2, -0.15) is 0 Å². The summed E-state index contributed by atoms with van der Waals surface area (Å²) in [5, 5.41) is 11.6. The molecule has 0 saturated heterocycles. The number of hydrogen-bond donors (Lipinski definition) is 2. The van der Waals surface area contributed by atoms with Crippen LogP contribution in [0, 0.1) is 0 Å². The van der Waals surface area contributed by atoms with Gasteiger partial charge in [-0.15, -0.1) is 22.7 Å². The molecule has 1 unspecified atom stereocenters. The second-order valence-electron chi connectivity index (χ2n) is 3.96. The van der Waals surface area contributed by atoms with Crippen LogP contribution in [-0.2, 0) is 16.6 Å². The van der Waals surface area contributed by atoms with E-state index >= 15 is 0 Å². The van der Waals surface area contributed by atoms with Gasteiger partial charge in [0.25, 0.3) is 0 Å². The van der Waals surface area contributed by atoms with Crippen LogP contribution in [0.4, 0.5) is 0 Å². The predicted molar refractivity (Wildman–Crippen MR) is 83.4 cm³/mol. The van der Waals surface area contributed by atoms with E-state index in [2.05, 4.69) is 25.6 Å². The Hall–Kier alpha value is -0.320. The summed E-state index contributed by atoms with van der Waals surface area (Å²) >= 11 is 5.86. The molecule has 20 heavy (non-hydrogen) atoms. The zero-order valence-corrected chi connectivity index (χ0v) is 14.6. The Morgan fingerprint density at radius 2 is 2.30 bits per heavy atom. The summed E-state index contributed by atoms with van der Waals surface area (Å²) in [4.78, 5) is 4.90. The van der Waals surface area contributed by atoms with Crippen molar-refractivity contribution in [2.75, 3.05) is 0 Å². The lowest BCUT2D eigenvalue weighted by atomic mass is 10.3. The molecule has 0 radical (unpaired) electrons. The van der Waals surface area contributed by atoms with Crippen LogP contribution in [-0.4, -0.2) is 18.5 Å². The van der Waals surface area contributed by atoms with E-state index < -0.39 is 10.0 Å². The van der Waals surface area contributed by atoms with E-state index in [1.54, 1.807) is 6.20 Å². The van der Waals surface area contributed by atoms with E-state index in [0.29, 0.717) is 15.1 Å². The maximum absolute atomic E-state index is 12.4. The zero-order valence-electron chi connectivity index (χ0n) is 10.5. The molecule has 2 heterocycles. The molecule has 0 aromatic carbocycles. The Morgan fingerprint density at radius 1 is 1.55 bits per heavy atom. The quantitative estimate of drug-likeness (QED) is 0.786. The fraction of sp³-hybridized carbons (Fsp3) is 0.364. The number of thiazole rings is 1. The SMILES string of the molecule is CCC(NS(=O)(=O)c1cc(CO)sc1Br)c1nccs1. The summed E-state index contributed by atoms with van der Waals surface area (Å²) in [7, 11) is -3.65. The first kappa shape index (κ1) is 16.1. The van der Waals surface area contributed by atoms with Crippen LogP contribution in [0.2, 0.25) is 0 Å². The molecule has 0 amide bonds. The summed E-state index contributed by atoms with van der Waals surface area (Å²) in [5.74, 6) is 0. The number of thiophene rings is 1. The molecule has 9 heteroatoms. The number of sulfonamides is 1. The van der Waals surface area contributed by atoms with Crippen LogP contribution >= 0.6 is 38.6 Å². The number of nitrogens with one attached hydrogen (secondary N) is 1. The van der Waals surface area contributed by atoms with Gasteiger partial charge in [-0.25, -0.2) is 18.1 Å². The van der Waals surface area contributed by atoms with Crippen molar-refractivity contribution in [3.8, 4) is 0 Å². The van der Waals surface area contributed by atoms with E-state index in [0.717, 1.165) is 5.01 Å². The normalized spacial score (nSPS) is 13.6. The van der Waals surface area contributed by atoms with Crippen LogP contribution in [0.15, 0.2) is 26.3 Å². The zero-order chi connectivity index (χ0) is 14.8. The minimum atomic E-state index is -3.65. The first-order valence-electron chi connectivity index (χ1n) is 5.78. The van der Waals surface area contributed by atoms with Crippen molar-refractivity contribution in [1.82, 2.24) is 9.71 Å². The Balaban J connectivity index is 2.28. The number of rotatable bonds is 6. The van der Waals surface area contributed by atoms with Gasteiger partial charge in [0.05, 0.1) is 16.4 Å². The topological polar surface area (TPSA) is 79.3 Å². The van der Waals surface area contributed by atoms with E-state index in [9.17, 15) is 8.42 Å². The van der Waals surface area contributed by atoms with Gasteiger partial charge in [0.1, 0.15) is 9.90 Å². The minimum absolute atomic E-state index is 0.154. The van der Waals surface area contributed by atoms with Gasteiger partial charge >= 0.3 is 0 Å². The fourth-order valence-corrected chi connectivity index (χ4v) is 6.30. The van der Waals surface area contributed by atoms with Crippen molar-refractivity contribution in [2.45, 2.75) is 30.9 Å². The highest BCUT2D eigenvalue weighted by atomic mass is 79.9. The van der Waals surface area contributed by atoms with Gasteiger partial charge in [0, 0.05) is 16.5 Å². The molecule has 0 saturated carbocycles. The Morgan fingerprint density at radius 3 is 2.80 bits per heavy atom. The molecule has 2 aromatic heterocycles.